The molecule has 0 bridgehead atoms. The highest BCUT2D eigenvalue weighted by Crippen LogP contribution is 2.30. The molecule has 0 radical (unpaired) electrons. The van der Waals surface area contributed by atoms with Gasteiger partial charge in [0.2, 0.25) is 0 Å². The second-order valence-electron chi connectivity index (χ2n) is 10.1. The lowest BCUT2D eigenvalue weighted by molar-refractivity contribution is 0.557. The van der Waals surface area contributed by atoms with Gasteiger partial charge in [0.05, 0.1) is 6.04 Å². The molecule has 10 nitrogen and oxygen atoms in total. The van der Waals surface area contributed by atoms with Gasteiger partial charge < -0.3 is 4.57 Å². The molecule has 3 aromatic heterocycles. The van der Waals surface area contributed by atoms with Crippen molar-refractivity contribution < 1.29 is 0 Å². The Labute approximate surface area is 235 Å². The normalized spacial score (nSPS) is 12.2. The van der Waals surface area contributed by atoms with E-state index >= 15 is 0 Å². The first-order valence-electron chi connectivity index (χ1n) is 13.7. The van der Waals surface area contributed by atoms with E-state index < -0.39 is 6.04 Å². The van der Waals surface area contributed by atoms with Gasteiger partial charge in [-0.2, -0.15) is 0 Å². The summed E-state index contributed by atoms with van der Waals surface area (Å²) in [6.07, 6.45) is 1.55. The van der Waals surface area contributed by atoms with Gasteiger partial charge >= 0.3 is 5.69 Å². The molecule has 0 fully saturated rings. The highest BCUT2D eigenvalue weighted by Gasteiger charge is 2.23. The minimum absolute atomic E-state index is 0.333. The largest absolute Gasteiger partial charge is 0.333 e. The smallest absolute Gasteiger partial charge is 0.318 e. The number of hydrogen-bond donors (Lipinski definition) is 1. The van der Waals surface area contributed by atoms with Gasteiger partial charge in [0.15, 0.2) is 17.0 Å². The van der Waals surface area contributed by atoms with E-state index in [9.17, 15) is 9.59 Å². The van der Waals surface area contributed by atoms with Crippen LogP contribution in [0.1, 0.15) is 43.3 Å². The maximum atomic E-state index is 14.0. The molecule has 10 heteroatoms. The molecule has 3 aromatic carbocycles. The average molecular weight is 547 g/mol. The second-order valence-corrected chi connectivity index (χ2v) is 10.1. The molecule has 41 heavy (non-hydrogen) atoms. The lowest BCUT2D eigenvalue weighted by atomic mass is 9.98. The Balaban J connectivity index is 1.43. The topological polar surface area (TPSA) is 116 Å². The molecular formula is C31H30N8O2. The van der Waals surface area contributed by atoms with Crippen molar-refractivity contribution in [3.8, 4) is 22.5 Å². The van der Waals surface area contributed by atoms with Crippen LogP contribution >= 0.6 is 0 Å². The number of fused-ring (bicyclic) bond motifs is 1. The molecule has 6 rings (SSSR count). The molecule has 0 saturated carbocycles. The van der Waals surface area contributed by atoms with Crippen LogP contribution in [0.3, 0.4) is 0 Å². The van der Waals surface area contributed by atoms with Crippen molar-refractivity contribution >= 4 is 11.2 Å². The van der Waals surface area contributed by atoms with Crippen LogP contribution < -0.4 is 11.2 Å². The molecule has 0 spiro atoms. The molecule has 1 atom stereocenters. The highest BCUT2D eigenvalue weighted by molar-refractivity contribution is 5.80. The maximum Gasteiger partial charge on any atom is 0.333 e. The fourth-order valence-electron chi connectivity index (χ4n) is 5.38. The first-order chi connectivity index (χ1) is 20.0. The third-order valence-corrected chi connectivity index (χ3v) is 7.54. The Morgan fingerprint density at radius 3 is 2.29 bits per heavy atom. The Morgan fingerprint density at radius 1 is 0.902 bits per heavy atom. The van der Waals surface area contributed by atoms with Crippen LogP contribution in [-0.2, 0) is 20.0 Å². The summed E-state index contributed by atoms with van der Waals surface area (Å²) in [6, 6.07) is 25.3. The molecule has 206 valence electrons. The second kappa shape index (κ2) is 10.8. The summed E-state index contributed by atoms with van der Waals surface area (Å²) < 4.78 is 4.80. The van der Waals surface area contributed by atoms with Crippen LogP contribution in [0.2, 0.25) is 0 Å². The summed E-state index contributed by atoms with van der Waals surface area (Å²) in [5.41, 5.74) is 4.97. The van der Waals surface area contributed by atoms with Crippen molar-refractivity contribution in [3.05, 3.63) is 117 Å². The molecule has 1 unspecified atom stereocenters. The van der Waals surface area contributed by atoms with Crippen molar-refractivity contribution in [1.29, 1.82) is 0 Å². The van der Waals surface area contributed by atoms with Crippen LogP contribution in [0.15, 0.2) is 88.5 Å². The number of tetrazole rings is 1. The first kappa shape index (κ1) is 26.1. The van der Waals surface area contributed by atoms with Crippen molar-refractivity contribution in [2.24, 2.45) is 7.05 Å². The van der Waals surface area contributed by atoms with Gasteiger partial charge in [-0.05, 0) is 46.0 Å². The van der Waals surface area contributed by atoms with Gasteiger partial charge in [-0.1, -0.05) is 85.8 Å². The predicted octanol–water partition coefficient (Wildman–Crippen LogP) is 4.35. The fraction of sp³-hybridized carbons (Fsp3) is 0.226. The van der Waals surface area contributed by atoms with Gasteiger partial charge in [0.1, 0.15) is 5.82 Å². The summed E-state index contributed by atoms with van der Waals surface area (Å²) in [5.74, 6) is 1.39. The number of nitrogens with one attached hydrogen (secondary N) is 1. The summed E-state index contributed by atoms with van der Waals surface area (Å²) in [4.78, 5) is 32.2. The van der Waals surface area contributed by atoms with Crippen molar-refractivity contribution in [2.45, 2.75) is 39.3 Å². The third kappa shape index (κ3) is 4.67. The summed E-state index contributed by atoms with van der Waals surface area (Å²) in [6.45, 7) is 4.41. The zero-order valence-corrected chi connectivity index (χ0v) is 23.2. The minimum Gasteiger partial charge on any atom is -0.318 e. The Morgan fingerprint density at radius 2 is 1.61 bits per heavy atom. The van der Waals surface area contributed by atoms with Crippen LogP contribution in [0.5, 0.6) is 0 Å². The number of aryl methyl sites for hydroxylation is 2. The van der Waals surface area contributed by atoms with E-state index in [0.717, 1.165) is 40.1 Å². The molecule has 1 N–H and O–H groups in total. The summed E-state index contributed by atoms with van der Waals surface area (Å²) in [5, 5.41) is 14.3. The van der Waals surface area contributed by atoms with Crippen LogP contribution in [-0.4, -0.2) is 39.3 Å². The number of imidazole rings is 1. The highest BCUT2D eigenvalue weighted by atomic mass is 16.2. The number of benzene rings is 3. The number of nitrogens with zero attached hydrogens (tertiary/aromatic N) is 7. The van der Waals surface area contributed by atoms with Gasteiger partial charge in [-0.25, -0.2) is 14.9 Å². The van der Waals surface area contributed by atoms with Crippen molar-refractivity contribution in [1.82, 2.24) is 39.3 Å². The van der Waals surface area contributed by atoms with Gasteiger partial charge in [0, 0.05) is 25.6 Å². The fourth-order valence-corrected chi connectivity index (χ4v) is 5.38. The lowest BCUT2D eigenvalue weighted by Gasteiger charge is -2.17. The van der Waals surface area contributed by atoms with E-state index in [-0.39, 0.29) is 11.2 Å². The first-order valence-corrected chi connectivity index (χ1v) is 13.7. The van der Waals surface area contributed by atoms with Crippen molar-refractivity contribution in [2.75, 3.05) is 0 Å². The molecule has 0 saturated heterocycles. The van der Waals surface area contributed by atoms with Gasteiger partial charge in [0.25, 0.3) is 5.56 Å². The average Bonchev–Trinajstić information content (AvgIpc) is 3.66. The Bertz CT molecular complexity index is 1940. The predicted molar refractivity (Wildman–Crippen MR) is 158 cm³/mol. The van der Waals surface area contributed by atoms with E-state index in [1.54, 1.807) is 7.05 Å². The van der Waals surface area contributed by atoms with Crippen LogP contribution in [0.25, 0.3) is 33.7 Å². The quantitative estimate of drug-likeness (QED) is 0.303. The van der Waals surface area contributed by atoms with E-state index in [1.165, 1.54) is 9.13 Å². The zero-order chi connectivity index (χ0) is 28.5. The summed E-state index contributed by atoms with van der Waals surface area (Å²) in [7, 11) is 1.68. The zero-order valence-electron chi connectivity index (χ0n) is 23.2. The minimum atomic E-state index is -0.427. The number of rotatable bonds is 8. The summed E-state index contributed by atoms with van der Waals surface area (Å²) >= 11 is 0. The van der Waals surface area contributed by atoms with Crippen LogP contribution in [0.4, 0.5) is 0 Å². The van der Waals surface area contributed by atoms with Crippen molar-refractivity contribution in [3.63, 3.8) is 0 Å². The number of aromatic nitrogens is 8. The van der Waals surface area contributed by atoms with E-state index in [1.807, 2.05) is 66.1 Å². The number of aromatic amines is 1. The molecule has 6 aromatic rings. The molecule has 3 heterocycles. The maximum absolute atomic E-state index is 14.0. The number of H-pyrrole nitrogens is 1. The van der Waals surface area contributed by atoms with Gasteiger partial charge in [-0.3, -0.25) is 13.9 Å². The monoisotopic (exact) mass is 546 g/mol. The van der Waals surface area contributed by atoms with Crippen LogP contribution in [0, 0.1) is 0 Å². The molecule has 0 aliphatic heterocycles. The molecular weight excluding hydrogens is 516 g/mol. The standard InChI is InChI=1S/C31H30N8O2/c1-4-10-26-32-29-27(30(40)39(31(41)37(29)3)20(2)22-11-6-5-7-12-22)38(26)19-21-15-17-23(18-16-21)24-13-8-9-14-25(24)28-33-35-36-34-28/h5-9,11-18,20H,4,10,19H2,1-3H3,(H,33,34,35,36). The molecule has 0 amide bonds. The SMILES string of the molecule is CCCc1nc2c(c(=O)n(C(C)c3ccccc3)c(=O)n2C)n1Cc1ccc(-c2ccccc2-c2nnn[nH]2)cc1. The number of hydrogen-bond acceptors (Lipinski definition) is 6. The Kier molecular flexibility index (Phi) is 6.88. The van der Waals surface area contributed by atoms with Gasteiger partial charge in [-0.15, -0.1) is 5.10 Å². The molecule has 0 aliphatic rings. The molecule has 0 aliphatic carbocycles. The van der Waals surface area contributed by atoms with E-state index in [4.69, 9.17) is 4.98 Å². The lowest BCUT2D eigenvalue weighted by Crippen LogP contribution is -2.41. The Hall–Kier alpha value is -5.12. The van der Waals surface area contributed by atoms with E-state index in [0.29, 0.717) is 30.0 Å². The third-order valence-electron chi connectivity index (χ3n) is 7.54. The van der Waals surface area contributed by atoms with E-state index in [2.05, 4.69) is 51.8 Å².